The van der Waals surface area contributed by atoms with E-state index in [0.29, 0.717) is 0 Å². The fraction of sp³-hybridized carbons (Fsp3) is 0.533. The van der Waals surface area contributed by atoms with E-state index in [4.69, 9.17) is 5.26 Å². The van der Waals surface area contributed by atoms with E-state index in [1.165, 1.54) is 17.5 Å². The Morgan fingerprint density at radius 3 is 2.47 bits per heavy atom. The second-order valence-electron chi connectivity index (χ2n) is 5.49. The van der Waals surface area contributed by atoms with Crippen molar-refractivity contribution in [3.05, 3.63) is 34.9 Å². The van der Waals surface area contributed by atoms with Crippen molar-refractivity contribution in [3.63, 3.8) is 0 Å². The Kier molecular flexibility index (Phi) is 5.71. The Bertz CT molecular complexity index is 498. The van der Waals surface area contributed by atoms with E-state index in [1.807, 2.05) is 32.9 Å². The van der Waals surface area contributed by atoms with Gasteiger partial charge in [0.2, 0.25) is 0 Å². The molecular weight excluding hydrogens is 256 g/mol. The van der Waals surface area contributed by atoms with Gasteiger partial charge in [-0.2, -0.15) is 5.26 Å². The van der Waals surface area contributed by atoms with Crippen LogP contribution in [0.5, 0.6) is 0 Å². The van der Waals surface area contributed by atoms with E-state index in [1.54, 1.807) is 7.05 Å². The van der Waals surface area contributed by atoms with Crippen molar-refractivity contribution in [2.75, 3.05) is 7.05 Å². The van der Waals surface area contributed by atoms with Gasteiger partial charge in [-0.25, -0.2) is 8.93 Å². The number of nitrogens with zero attached hydrogens (tertiary/aromatic N) is 1. The third kappa shape index (κ3) is 4.45. The number of rotatable bonds is 1. The second kappa shape index (κ2) is 6.83. The van der Waals surface area contributed by atoms with E-state index in [9.17, 15) is 4.21 Å². The summed E-state index contributed by atoms with van der Waals surface area (Å²) in [6.45, 7) is 5.79. The molecule has 1 atom stereocenters. The molecule has 0 heterocycles. The van der Waals surface area contributed by atoms with Crippen LogP contribution in [0, 0.1) is 11.3 Å². The molecule has 0 spiro atoms. The summed E-state index contributed by atoms with van der Waals surface area (Å²) >= 11 is 0. The minimum Gasteiger partial charge on any atom is -0.242 e. The standard InChI is InChI=1S/C10H9N.C5H13NOS/c11-7-9-5-1-3-8-4-2-6-10(8)9;1-5(2,3)8(7)6-4/h1,3,5H,2,4,6H2;6H,1-4H3. The van der Waals surface area contributed by atoms with E-state index < -0.39 is 11.0 Å². The number of nitrogens with one attached hydrogen (secondary N) is 1. The molecule has 0 saturated carbocycles. The molecule has 0 bridgehead atoms. The van der Waals surface area contributed by atoms with Gasteiger partial charge in [0.1, 0.15) is 0 Å². The monoisotopic (exact) mass is 278 g/mol. The summed E-state index contributed by atoms with van der Waals surface area (Å²) in [6, 6.07) is 8.24. The quantitative estimate of drug-likeness (QED) is 0.858. The first-order valence-electron chi connectivity index (χ1n) is 6.50. The second-order valence-corrected chi connectivity index (χ2v) is 7.66. The molecule has 1 aromatic rings. The lowest BCUT2D eigenvalue weighted by molar-refractivity contribution is 0.642. The Morgan fingerprint density at radius 2 is 2.00 bits per heavy atom. The number of nitriles is 1. The summed E-state index contributed by atoms with van der Waals surface area (Å²) in [4.78, 5) is 0. The van der Waals surface area contributed by atoms with Crippen molar-refractivity contribution in [3.8, 4) is 6.07 Å². The molecule has 1 aliphatic carbocycles. The smallest absolute Gasteiger partial charge is 0.0994 e. The van der Waals surface area contributed by atoms with Crippen molar-refractivity contribution in [2.45, 2.75) is 44.8 Å². The highest BCUT2D eigenvalue weighted by Crippen LogP contribution is 2.24. The highest BCUT2D eigenvalue weighted by Gasteiger charge is 2.16. The minimum absolute atomic E-state index is 0.130. The number of hydrogen-bond acceptors (Lipinski definition) is 2. The van der Waals surface area contributed by atoms with E-state index >= 15 is 0 Å². The van der Waals surface area contributed by atoms with Gasteiger partial charge in [0.05, 0.1) is 27.4 Å². The molecule has 1 unspecified atom stereocenters. The average Bonchev–Trinajstić information content (AvgIpc) is 2.85. The lowest BCUT2D eigenvalue weighted by atomic mass is 10.0. The van der Waals surface area contributed by atoms with E-state index in [-0.39, 0.29) is 4.75 Å². The summed E-state index contributed by atoms with van der Waals surface area (Å²) in [5.74, 6) is 0. The summed E-state index contributed by atoms with van der Waals surface area (Å²) in [7, 11) is 0.802. The highest BCUT2D eigenvalue weighted by atomic mass is 32.2. The summed E-state index contributed by atoms with van der Waals surface area (Å²) < 4.78 is 13.4. The third-order valence-electron chi connectivity index (χ3n) is 3.01. The first-order chi connectivity index (χ1) is 8.90. The molecule has 1 aromatic carbocycles. The van der Waals surface area contributed by atoms with Crippen LogP contribution in [0.3, 0.4) is 0 Å². The number of benzene rings is 1. The van der Waals surface area contributed by atoms with Gasteiger partial charge in [-0.3, -0.25) is 0 Å². The maximum atomic E-state index is 10.8. The van der Waals surface area contributed by atoms with E-state index in [0.717, 1.165) is 18.4 Å². The maximum Gasteiger partial charge on any atom is 0.0994 e. The summed E-state index contributed by atoms with van der Waals surface area (Å²) in [5.41, 5.74) is 3.54. The van der Waals surface area contributed by atoms with Crippen LogP contribution in [0.15, 0.2) is 18.2 Å². The van der Waals surface area contributed by atoms with Crippen LogP contribution in [0.25, 0.3) is 0 Å². The first-order valence-corrected chi connectivity index (χ1v) is 7.65. The average molecular weight is 278 g/mol. The van der Waals surface area contributed by atoms with E-state index in [2.05, 4.69) is 16.9 Å². The maximum absolute atomic E-state index is 10.8. The van der Waals surface area contributed by atoms with Crippen molar-refractivity contribution >= 4 is 11.0 Å². The number of aryl methyl sites for hydroxylation is 1. The molecule has 104 valence electrons. The predicted molar refractivity (Wildman–Crippen MR) is 80.1 cm³/mol. The largest absolute Gasteiger partial charge is 0.242 e. The molecule has 1 N–H and O–H groups in total. The van der Waals surface area contributed by atoms with Crippen LogP contribution in [0.2, 0.25) is 0 Å². The minimum atomic E-state index is -0.894. The van der Waals surface area contributed by atoms with Crippen LogP contribution >= 0.6 is 0 Å². The van der Waals surface area contributed by atoms with Gasteiger partial charge in [-0.1, -0.05) is 12.1 Å². The molecule has 0 fully saturated rings. The molecule has 1 aliphatic rings. The molecule has 0 aromatic heterocycles. The molecule has 19 heavy (non-hydrogen) atoms. The van der Waals surface area contributed by atoms with Gasteiger partial charge in [0, 0.05) is 0 Å². The van der Waals surface area contributed by atoms with Gasteiger partial charge in [0.15, 0.2) is 0 Å². The fourth-order valence-electron chi connectivity index (χ4n) is 2.03. The van der Waals surface area contributed by atoms with Crippen LogP contribution in [0.1, 0.15) is 43.9 Å². The van der Waals surface area contributed by atoms with Gasteiger partial charge in [-0.05, 0) is 64.3 Å². The Hall–Kier alpha value is -1.18. The molecule has 3 nitrogen and oxygen atoms in total. The van der Waals surface area contributed by atoms with Gasteiger partial charge < -0.3 is 0 Å². The van der Waals surface area contributed by atoms with Crippen molar-refractivity contribution in [1.29, 1.82) is 5.26 Å². The number of hydrogen-bond donors (Lipinski definition) is 1. The molecule has 0 amide bonds. The van der Waals surface area contributed by atoms with Crippen LogP contribution in [0.4, 0.5) is 0 Å². The lowest BCUT2D eigenvalue weighted by Crippen LogP contribution is -2.30. The zero-order valence-electron chi connectivity index (χ0n) is 12.1. The molecular formula is C15H22N2OS. The summed E-state index contributed by atoms with van der Waals surface area (Å²) in [6.07, 6.45) is 3.47. The third-order valence-corrected chi connectivity index (χ3v) is 4.49. The van der Waals surface area contributed by atoms with Crippen molar-refractivity contribution in [1.82, 2.24) is 4.72 Å². The van der Waals surface area contributed by atoms with Gasteiger partial charge in [0.25, 0.3) is 0 Å². The lowest BCUT2D eigenvalue weighted by Gasteiger charge is -2.15. The van der Waals surface area contributed by atoms with Crippen LogP contribution in [-0.2, 0) is 23.8 Å². The molecule has 0 aliphatic heterocycles. The van der Waals surface area contributed by atoms with Crippen molar-refractivity contribution < 1.29 is 4.21 Å². The molecule has 2 rings (SSSR count). The molecule has 4 heteroatoms. The highest BCUT2D eigenvalue weighted by molar-refractivity contribution is 7.84. The first kappa shape index (κ1) is 15.9. The zero-order valence-corrected chi connectivity index (χ0v) is 12.9. The Balaban J connectivity index is 0.000000203. The van der Waals surface area contributed by atoms with Gasteiger partial charge in [-0.15, -0.1) is 0 Å². The molecule has 0 radical (unpaired) electrons. The van der Waals surface area contributed by atoms with Crippen LogP contribution < -0.4 is 4.72 Å². The SMILES string of the molecule is CNS(=O)C(C)(C)C.N#Cc1cccc2c1CCC2. The Labute approximate surface area is 118 Å². The summed E-state index contributed by atoms with van der Waals surface area (Å²) in [5, 5.41) is 8.75. The fourth-order valence-corrected chi connectivity index (χ4v) is 2.64. The Morgan fingerprint density at radius 1 is 1.32 bits per heavy atom. The number of fused-ring (bicyclic) bond motifs is 1. The normalized spacial score (nSPS) is 14.9. The zero-order chi connectivity index (χ0) is 14.5. The molecule has 0 saturated heterocycles. The van der Waals surface area contributed by atoms with Gasteiger partial charge >= 0.3 is 0 Å². The topological polar surface area (TPSA) is 52.9 Å². The predicted octanol–water partition coefficient (Wildman–Crippen LogP) is 2.71. The van der Waals surface area contributed by atoms with Crippen molar-refractivity contribution in [2.24, 2.45) is 0 Å². The van der Waals surface area contributed by atoms with Crippen LogP contribution in [-0.4, -0.2) is 16.0 Å².